The van der Waals surface area contributed by atoms with Gasteiger partial charge in [0.05, 0.1) is 17.7 Å². The summed E-state index contributed by atoms with van der Waals surface area (Å²) in [6.45, 7) is 4.50. The Morgan fingerprint density at radius 1 is 1.12 bits per heavy atom. The summed E-state index contributed by atoms with van der Waals surface area (Å²) < 4.78 is 32.7. The van der Waals surface area contributed by atoms with Gasteiger partial charge in [0.15, 0.2) is 0 Å². The van der Waals surface area contributed by atoms with Gasteiger partial charge in [-0.05, 0) is 36.2 Å². The zero-order valence-corrected chi connectivity index (χ0v) is 15.3. The van der Waals surface area contributed by atoms with Crippen LogP contribution in [0.1, 0.15) is 24.2 Å². The summed E-state index contributed by atoms with van der Waals surface area (Å²) >= 11 is 0. The second-order valence-corrected chi connectivity index (χ2v) is 7.65. The minimum Gasteiger partial charge on any atom is -0.497 e. The molecule has 2 rings (SSSR count). The van der Waals surface area contributed by atoms with E-state index in [1.165, 1.54) is 19.2 Å². The molecule has 0 saturated heterocycles. The van der Waals surface area contributed by atoms with E-state index in [2.05, 4.69) is 10.0 Å². The molecular formula is C18H22N2O4S. The molecule has 1 amide bonds. The van der Waals surface area contributed by atoms with Crippen molar-refractivity contribution in [2.45, 2.75) is 18.7 Å². The lowest BCUT2D eigenvalue weighted by Crippen LogP contribution is -2.27. The number of sulfonamides is 1. The van der Waals surface area contributed by atoms with Crippen LogP contribution in [0, 0.1) is 5.92 Å². The number of anilines is 1. The zero-order chi connectivity index (χ0) is 18.4. The van der Waals surface area contributed by atoms with Crippen LogP contribution in [-0.4, -0.2) is 28.0 Å². The molecule has 0 aliphatic carbocycles. The topological polar surface area (TPSA) is 84.5 Å². The van der Waals surface area contributed by atoms with Crippen LogP contribution in [0.3, 0.4) is 0 Å². The average Bonchev–Trinajstić information content (AvgIpc) is 2.59. The molecule has 0 aliphatic heterocycles. The van der Waals surface area contributed by atoms with Gasteiger partial charge < -0.3 is 10.1 Å². The van der Waals surface area contributed by atoms with E-state index in [1.54, 1.807) is 36.4 Å². The molecule has 0 bridgehead atoms. The molecule has 0 aliphatic rings. The van der Waals surface area contributed by atoms with E-state index < -0.39 is 10.0 Å². The molecule has 2 aromatic carbocycles. The van der Waals surface area contributed by atoms with Crippen LogP contribution in [0.25, 0.3) is 0 Å². The first-order valence-electron chi connectivity index (χ1n) is 7.87. The Morgan fingerprint density at radius 3 is 2.52 bits per heavy atom. The van der Waals surface area contributed by atoms with Crippen LogP contribution in [0.4, 0.5) is 5.69 Å². The largest absolute Gasteiger partial charge is 0.497 e. The molecule has 0 spiro atoms. The molecule has 134 valence electrons. The van der Waals surface area contributed by atoms with Crippen molar-refractivity contribution in [1.29, 1.82) is 0 Å². The first-order valence-corrected chi connectivity index (χ1v) is 9.35. The van der Waals surface area contributed by atoms with Crippen LogP contribution in [0.15, 0.2) is 53.4 Å². The smallest absolute Gasteiger partial charge is 0.261 e. The molecule has 0 saturated carbocycles. The summed E-state index contributed by atoms with van der Waals surface area (Å²) in [5, 5.41) is 2.77. The fraction of sp³-hybridized carbons (Fsp3) is 0.278. The maximum Gasteiger partial charge on any atom is 0.261 e. The van der Waals surface area contributed by atoms with E-state index in [0.717, 1.165) is 0 Å². The van der Waals surface area contributed by atoms with E-state index in [-0.39, 0.29) is 10.8 Å². The van der Waals surface area contributed by atoms with Gasteiger partial charge in [0.1, 0.15) is 5.75 Å². The summed E-state index contributed by atoms with van der Waals surface area (Å²) in [4.78, 5) is 12.1. The maximum atomic E-state index is 12.6. The average molecular weight is 362 g/mol. The predicted octanol–water partition coefficient (Wildman–Crippen LogP) is 2.88. The third kappa shape index (κ3) is 5.22. The monoisotopic (exact) mass is 362 g/mol. The van der Waals surface area contributed by atoms with Crippen molar-refractivity contribution in [2.75, 3.05) is 18.4 Å². The summed E-state index contributed by atoms with van der Waals surface area (Å²) in [5.74, 6) is 0.555. The standard InChI is InChI=1S/C18H22N2O4S/c1-13(2)12-19-18(21)14-6-4-9-17(10-14)25(22,23)20-15-7-5-8-16(11-15)24-3/h4-11,13,20H,12H2,1-3H3,(H,19,21). The lowest BCUT2D eigenvalue weighted by atomic mass is 10.2. The molecule has 25 heavy (non-hydrogen) atoms. The molecule has 0 radical (unpaired) electrons. The molecule has 0 unspecified atom stereocenters. The normalized spacial score (nSPS) is 11.2. The van der Waals surface area contributed by atoms with Crippen molar-refractivity contribution in [3.8, 4) is 5.75 Å². The Morgan fingerprint density at radius 2 is 1.84 bits per heavy atom. The van der Waals surface area contributed by atoms with E-state index in [4.69, 9.17) is 4.74 Å². The van der Waals surface area contributed by atoms with Gasteiger partial charge in [0.25, 0.3) is 15.9 Å². The summed E-state index contributed by atoms with van der Waals surface area (Å²) in [7, 11) is -2.30. The SMILES string of the molecule is COc1cccc(NS(=O)(=O)c2cccc(C(=O)NCC(C)C)c2)c1. The van der Waals surface area contributed by atoms with E-state index in [1.807, 2.05) is 13.8 Å². The minimum absolute atomic E-state index is 0.0208. The van der Waals surface area contributed by atoms with Gasteiger partial charge >= 0.3 is 0 Å². The number of benzene rings is 2. The quantitative estimate of drug-likeness (QED) is 0.793. The maximum absolute atomic E-state index is 12.6. The van der Waals surface area contributed by atoms with Crippen molar-refractivity contribution in [2.24, 2.45) is 5.92 Å². The fourth-order valence-electron chi connectivity index (χ4n) is 2.10. The number of ether oxygens (including phenoxy) is 1. The van der Waals surface area contributed by atoms with Crippen LogP contribution in [0.2, 0.25) is 0 Å². The molecule has 6 nitrogen and oxygen atoms in total. The van der Waals surface area contributed by atoms with E-state index >= 15 is 0 Å². The molecule has 2 aromatic rings. The molecule has 0 heterocycles. The highest BCUT2D eigenvalue weighted by Crippen LogP contribution is 2.21. The summed E-state index contributed by atoms with van der Waals surface area (Å²) in [6.07, 6.45) is 0. The van der Waals surface area contributed by atoms with Crippen molar-refractivity contribution < 1.29 is 17.9 Å². The number of rotatable bonds is 7. The van der Waals surface area contributed by atoms with Crippen molar-refractivity contribution in [1.82, 2.24) is 5.32 Å². The third-order valence-corrected chi connectivity index (χ3v) is 4.78. The van der Waals surface area contributed by atoms with Crippen molar-refractivity contribution in [3.63, 3.8) is 0 Å². The number of nitrogens with one attached hydrogen (secondary N) is 2. The molecule has 0 atom stereocenters. The van der Waals surface area contributed by atoms with Crippen LogP contribution >= 0.6 is 0 Å². The highest BCUT2D eigenvalue weighted by molar-refractivity contribution is 7.92. The van der Waals surface area contributed by atoms with E-state index in [0.29, 0.717) is 29.5 Å². The molecular weight excluding hydrogens is 340 g/mol. The molecule has 7 heteroatoms. The highest BCUT2D eigenvalue weighted by atomic mass is 32.2. The van der Waals surface area contributed by atoms with Gasteiger partial charge in [0.2, 0.25) is 0 Å². The Hall–Kier alpha value is -2.54. The number of methoxy groups -OCH3 is 1. The molecule has 0 fully saturated rings. The summed E-state index contributed by atoms with van der Waals surface area (Å²) in [6, 6.07) is 12.5. The number of amides is 1. The molecule has 0 aromatic heterocycles. The first-order chi connectivity index (χ1) is 11.8. The second kappa shape index (κ2) is 8.02. The second-order valence-electron chi connectivity index (χ2n) is 5.97. The molecule has 2 N–H and O–H groups in total. The van der Waals surface area contributed by atoms with Gasteiger partial charge in [-0.1, -0.05) is 26.0 Å². The minimum atomic E-state index is -3.81. The van der Waals surface area contributed by atoms with Crippen molar-refractivity contribution in [3.05, 3.63) is 54.1 Å². The van der Waals surface area contributed by atoms with Crippen LogP contribution < -0.4 is 14.8 Å². The van der Waals surface area contributed by atoms with Crippen LogP contribution in [0.5, 0.6) is 5.75 Å². The Bertz CT molecular complexity index is 848. The van der Waals surface area contributed by atoms with Gasteiger partial charge in [-0.15, -0.1) is 0 Å². The zero-order valence-electron chi connectivity index (χ0n) is 14.4. The lowest BCUT2D eigenvalue weighted by Gasteiger charge is -2.11. The predicted molar refractivity (Wildman–Crippen MR) is 97.4 cm³/mol. The number of carbonyl (C=O) groups is 1. The Kier molecular flexibility index (Phi) is 6.03. The van der Waals surface area contributed by atoms with Crippen molar-refractivity contribution >= 4 is 21.6 Å². The number of hydrogen-bond donors (Lipinski definition) is 2. The van der Waals surface area contributed by atoms with Gasteiger partial charge in [-0.3, -0.25) is 9.52 Å². The summed E-state index contributed by atoms with van der Waals surface area (Å²) in [5.41, 5.74) is 0.683. The van der Waals surface area contributed by atoms with Crippen LogP contribution in [-0.2, 0) is 10.0 Å². The third-order valence-electron chi connectivity index (χ3n) is 3.40. The Labute approximate surface area is 148 Å². The van der Waals surface area contributed by atoms with Gasteiger partial charge in [-0.2, -0.15) is 0 Å². The number of carbonyl (C=O) groups excluding carboxylic acids is 1. The first kappa shape index (κ1) is 18.8. The van der Waals surface area contributed by atoms with E-state index in [9.17, 15) is 13.2 Å². The highest BCUT2D eigenvalue weighted by Gasteiger charge is 2.17. The lowest BCUT2D eigenvalue weighted by molar-refractivity contribution is 0.0949. The van der Waals surface area contributed by atoms with Gasteiger partial charge in [0, 0.05) is 18.2 Å². The fourth-order valence-corrected chi connectivity index (χ4v) is 3.20. The Balaban J connectivity index is 2.21. The van der Waals surface area contributed by atoms with Gasteiger partial charge in [-0.25, -0.2) is 8.42 Å². The number of hydrogen-bond acceptors (Lipinski definition) is 4.